The molecule has 0 aliphatic heterocycles. The molecular formula is C17H28O3. The van der Waals surface area contributed by atoms with Gasteiger partial charge in [-0.2, -0.15) is 0 Å². The van der Waals surface area contributed by atoms with Gasteiger partial charge in [0.25, 0.3) is 0 Å². The average molecular weight is 280 g/mol. The zero-order chi connectivity index (χ0) is 15.0. The van der Waals surface area contributed by atoms with Crippen LogP contribution in [0.15, 0.2) is 18.2 Å². The van der Waals surface area contributed by atoms with E-state index < -0.39 is 0 Å². The largest absolute Gasteiger partial charge is 0.493 e. The highest BCUT2D eigenvalue weighted by Crippen LogP contribution is 2.29. The number of ether oxygens (including phenoxy) is 2. The van der Waals surface area contributed by atoms with Crippen molar-refractivity contribution in [1.82, 2.24) is 0 Å². The van der Waals surface area contributed by atoms with Gasteiger partial charge in [0.05, 0.1) is 20.3 Å². The predicted molar refractivity (Wildman–Crippen MR) is 82.6 cm³/mol. The molecule has 0 radical (unpaired) electrons. The number of methoxy groups -OCH3 is 2. The number of rotatable bonds is 9. The Hall–Kier alpha value is -1.22. The molecule has 3 heteroatoms. The van der Waals surface area contributed by atoms with Crippen molar-refractivity contribution in [3.05, 3.63) is 23.8 Å². The fraction of sp³-hybridized carbons (Fsp3) is 0.647. The standard InChI is InChI=1S/C17H28O3/c1-5-7-8-14(6-2)15(18)11-13-9-10-16(19-3)17(12-13)20-4/h9-10,12,14-15,18H,5-8,11H2,1-4H3. The fourth-order valence-electron chi connectivity index (χ4n) is 2.55. The third kappa shape index (κ3) is 4.71. The molecule has 2 unspecified atom stereocenters. The summed E-state index contributed by atoms with van der Waals surface area (Å²) in [5, 5.41) is 10.4. The Morgan fingerprint density at radius 1 is 1.10 bits per heavy atom. The van der Waals surface area contributed by atoms with E-state index in [4.69, 9.17) is 9.47 Å². The summed E-state index contributed by atoms with van der Waals surface area (Å²) >= 11 is 0. The molecule has 0 heterocycles. The van der Waals surface area contributed by atoms with Gasteiger partial charge in [0, 0.05) is 0 Å². The lowest BCUT2D eigenvalue weighted by atomic mass is 9.89. The molecule has 0 aromatic heterocycles. The first kappa shape index (κ1) is 16.8. The van der Waals surface area contributed by atoms with Crippen molar-refractivity contribution in [2.45, 2.75) is 52.1 Å². The van der Waals surface area contributed by atoms with Crippen molar-refractivity contribution in [3.63, 3.8) is 0 Å². The summed E-state index contributed by atoms with van der Waals surface area (Å²) < 4.78 is 10.5. The zero-order valence-corrected chi connectivity index (χ0v) is 13.2. The monoisotopic (exact) mass is 280 g/mol. The lowest BCUT2D eigenvalue weighted by Gasteiger charge is -2.22. The highest BCUT2D eigenvalue weighted by molar-refractivity contribution is 5.43. The molecule has 114 valence electrons. The second-order valence-corrected chi connectivity index (χ2v) is 5.27. The second-order valence-electron chi connectivity index (χ2n) is 5.27. The number of hydrogen-bond acceptors (Lipinski definition) is 3. The van der Waals surface area contributed by atoms with E-state index in [1.807, 2.05) is 18.2 Å². The van der Waals surface area contributed by atoms with Crippen LogP contribution in [0, 0.1) is 5.92 Å². The summed E-state index contributed by atoms with van der Waals surface area (Å²) in [6.45, 7) is 4.34. The van der Waals surface area contributed by atoms with E-state index in [0.29, 0.717) is 12.3 Å². The maximum Gasteiger partial charge on any atom is 0.160 e. The SMILES string of the molecule is CCCCC(CC)C(O)Cc1ccc(OC)c(OC)c1. The minimum Gasteiger partial charge on any atom is -0.493 e. The number of hydrogen-bond donors (Lipinski definition) is 1. The third-order valence-electron chi connectivity index (χ3n) is 3.89. The van der Waals surface area contributed by atoms with E-state index in [9.17, 15) is 5.11 Å². The van der Waals surface area contributed by atoms with Crippen LogP contribution in [0.2, 0.25) is 0 Å². The van der Waals surface area contributed by atoms with Crippen molar-refractivity contribution in [1.29, 1.82) is 0 Å². The zero-order valence-electron chi connectivity index (χ0n) is 13.2. The van der Waals surface area contributed by atoms with Gasteiger partial charge in [-0.15, -0.1) is 0 Å². The topological polar surface area (TPSA) is 38.7 Å². The highest BCUT2D eigenvalue weighted by atomic mass is 16.5. The Balaban J connectivity index is 2.71. The second kappa shape index (κ2) is 8.85. The number of aliphatic hydroxyl groups excluding tert-OH is 1. The normalized spacial score (nSPS) is 13.8. The minimum absolute atomic E-state index is 0.287. The Labute approximate surface area is 122 Å². The van der Waals surface area contributed by atoms with Crippen LogP contribution >= 0.6 is 0 Å². The molecule has 20 heavy (non-hydrogen) atoms. The Bertz CT molecular complexity index is 390. The Morgan fingerprint density at radius 3 is 2.35 bits per heavy atom. The quantitative estimate of drug-likeness (QED) is 0.747. The average Bonchev–Trinajstić information content (AvgIpc) is 2.47. The maximum absolute atomic E-state index is 10.4. The Kier molecular flexibility index (Phi) is 7.45. The van der Waals surface area contributed by atoms with Gasteiger partial charge in [0.15, 0.2) is 11.5 Å². The molecule has 0 spiro atoms. The van der Waals surface area contributed by atoms with E-state index >= 15 is 0 Å². The molecule has 2 atom stereocenters. The molecular weight excluding hydrogens is 252 g/mol. The first-order chi connectivity index (χ1) is 9.65. The van der Waals surface area contributed by atoms with Crippen LogP contribution in [0.3, 0.4) is 0 Å². The first-order valence-corrected chi connectivity index (χ1v) is 7.55. The van der Waals surface area contributed by atoms with Crippen LogP contribution in [0.25, 0.3) is 0 Å². The van der Waals surface area contributed by atoms with Crippen LogP contribution in [0.5, 0.6) is 11.5 Å². The maximum atomic E-state index is 10.4. The van der Waals surface area contributed by atoms with Gasteiger partial charge in [0.2, 0.25) is 0 Å². The van der Waals surface area contributed by atoms with E-state index in [1.165, 1.54) is 12.8 Å². The van der Waals surface area contributed by atoms with Crippen LogP contribution in [-0.2, 0) is 6.42 Å². The number of aliphatic hydroxyl groups is 1. The molecule has 0 fully saturated rings. The molecule has 0 saturated carbocycles. The summed E-state index contributed by atoms with van der Waals surface area (Å²) in [7, 11) is 3.26. The highest BCUT2D eigenvalue weighted by Gasteiger charge is 2.18. The molecule has 0 saturated heterocycles. The molecule has 1 aromatic carbocycles. The fourth-order valence-corrected chi connectivity index (χ4v) is 2.55. The minimum atomic E-state index is -0.287. The lowest BCUT2D eigenvalue weighted by Crippen LogP contribution is -2.22. The van der Waals surface area contributed by atoms with Crippen molar-refractivity contribution >= 4 is 0 Å². The van der Waals surface area contributed by atoms with Crippen molar-refractivity contribution in [2.24, 2.45) is 5.92 Å². The van der Waals surface area contributed by atoms with Crippen LogP contribution in [0.4, 0.5) is 0 Å². The van der Waals surface area contributed by atoms with Crippen LogP contribution in [0.1, 0.15) is 45.1 Å². The van der Waals surface area contributed by atoms with Gasteiger partial charge in [0.1, 0.15) is 0 Å². The molecule has 1 N–H and O–H groups in total. The lowest BCUT2D eigenvalue weighted by molar-refractivity contribution is 0.0987. The van der Waals surface area contributed by atoms with Gasteiger partial charge < -0.3 is 14.6 Å². The predicted octanol–water partition coefficient (Wildman–Crippen LogP) is 3.82. The van der Waals surface area contributed by atoms with Crippen molar-refractivity contribution < 1.29 is 14.6 Å². The van der Waals surface area contributed by atoms with E-state index in [-0.39, 0.29) is 6.10 Å². The molecule has 0 aliphatic rings. The smallest absolute Gasteiger partial charge is 0.160 e. The van der Waals surface area contributed by atoms with Gasteiger partial charge >= 0.3 is 0 Å². The van der Waals surface area contributed by atoms with Gasteiger partial charge in [-0.3, -0.25) is 0 Å². The summed E-state index contributed by atoms with van der Waals surface area (Å²) in [6, 6.07) is 5.85. The van der Waals surface area contributed by atoms with Crippen molar-refractivity contribution in [2.75, 3.05) is 14.2 Å². The van der Waals surface area contributed by atoms with Crippen LogP contribution in [-0.4, -0.2) is 25.4 Å². The third-order valence-corrected chi connectivity index (χ3v) is 3.89. The van der Waals surface area contributed by atoms with Gasteiger partial charge in [-0.05, 0) is 36.5 Å². The molecule has 1 aromatic rings. The summed E-state index contributed by atoms with van der Waals surface area (Å²) in [6.07, 6.45) is 4.86. The summed E-state index contributed by atoms with van der Waals surface area (Å²) in [5.41, 5.74) is 1.09. The van der Waals surface area contributed by atoms with Crippen molar-refractivity contribution in [3.8, 4) is 11.5 Å². The summed E-state index contributed by atoms with van der Waals surface area (Å²) in [4.78, 5) is 0. The van der Waals surface area contributed by atoms with E-state index in [1.54, 1.807) is 14.2 Å². The number of unbranched alkanes of at least 4 members (excludes halogenated alkanes) is 1. The van der Waals surface area contributed by atoms with E-state index in [2.05, 4.69) is 13.8 Å². The van der Waals surface area contributed by atoms with Gasteiger partial charge in [-0.1, -0.05) is 39.2 Å². The summed E-state index contributed by atoms with van der Waals surface area (Å²) in [5.74, 6) is 1.82. The van der Waals surface area contributed by atoms with Gasteiger partial charge in [-0.25, -0.2) is 0 Å². The Morgan fingerprint density at radius 2 is 1.80 bits per heavy atom. The first-order valence-electron chi connectivity index (χ1n) is 7.55. The molecule has 0 bridgehead atoms. The molecule has 0 amide bonds. The van der Waals surface area contributed by atoms with Crippen LogP contribution < -0.4 is 9.47 Å². The molecule has 0 aliphatic carbocycles. The number of benzene rings is 1. The molecule has 3 nitrogen and oxygen atoms in total. The molecule has 1 rings (SSSR count). The van der Waals surface area contributed by atoms with E-state index in [0.717, 1.165) is 29.9 Å².